The number of isocyanates is 1. The first kappa shape index (κ1) is 33.3. The van der Waals surface area contributed by atoms with E-state index in [0.717, 1.165) is 5.56 Å². The number of benzene rings is 3. The van der Waals surface area contributed by atoms with E-state index in [2.05, 4.69) is 20.9 Å². The highest BCUT2D eigenvalue weighted by atomic mass is 16.6. The van der Waals surface area contributed by atoms with Gasteiger partial charge in [0.15, 0.2) is 5.60 Å². The molecule has 0 spiro atoms. The number of hydrogen-bond acceptors (Lipinski definition) is 10. The highest BCUT2D eigenvalue weighted by molar-refractivity contribution is 5.87. The highest BCUT2D eigenvalue weighted by Crippen LogP contribution is 2.24. The number of ether oxygens (including phenoxy) is 3. The van der Waals surface area contributed by atoms with Crippen LogP contribution in [0.1, 0.15) is 41.2 Å². The number of nitriles is 2. The summed E-state index contributed by atoms with van der Waals surface area (Å²) in [7, 11) is 0. The molecular formula is C32H30N6O7. The number of aliphatic imine (C=N–C) groups is 1. The van der Waals surface area contributed by atoms with E-state index < -0.39 is 37.1 Å². The van der Waals surface area contributed by atoms with Gasteiger partial charge in [0.25, 0.3) is 0 Å². The Kier molecular flexibility index (Phi) is 11.4. The third kappa shape index (κ3) is 9.41. The van der Waals surface area contributed by atoms with Gasteiger partial charge in [-0.3, -0.25) is 16.0 Å². The summed E-state index contributed by atoms with van der Waals surface area (Å²) in [5.74, 6) is 0. The fraction of sp³-hybridized carbons (Fsp3) is 0.250. The zero-order valence-electron chi connectivity index (χ0n) is 25.0. The van der Waals surface area contributed by atoms with Crippen LogP contribution in [0.3, 0.4) is 0 Å². The first-order valence-corrected chi connectivity index (χ1v) is 13.6. The second-order valence-corrected chi connectivity index (χ2v) is 9.94. The minimum Gasteiger partial charge on any atom is -0.445 e. The number of aryl methyl sites for hydroxylation is 3. The molecule has 3 aromatic rings. The van der Waals surface area contributed by atoms with Crippen molar-refractivity contribution in [2.24, 2.45) is 4.99 Å². The summed E-state index contributed by atoms with van der Waals surface area (Å²) in [6, 6.07) is 18.2. The van der Waals surface area contributed by atoms with Gasteiger partial charge in [-0.2, -0.15) is 15.5 Å². The summed E-state index contributed by atoms with van der Waals surface area (Å²) in [6.07, 6.45) is -1.29. The van der Waals surface area contributed by atoms with Crippen LogP contribution >= 0.6 is 0 Å². The van der Waals surface area contributed by atoms with Crippen molar-refractivity contribution in [3.8, 4) is 12.1 Å². The van der Waals surface area contributed by atoms with E-state index in [1.165, 1.54) is 24.3 Å². The zero-order valence-corrected chi connectivity index (χ0v) is 25.0. The summed E-state index contributed by atoms with van der Waals surface area (Å²) in [5, 5.41) is 26.1. The fourth-order valence-corrected chi connectivity index (χ4v) is 3.92. The summed E-state index contributed by atoms with van der Waals surface area (Å²) >= 11 is 0. The number of carbonyl (C=O) groups is 3. The molecule has 3 amide bonds. The van der Waals surface area contributed by atoms with E-state index in [1.807, 2.05) is 12.1 Å². The first-order chi connectivity index (χ1) is 21.5. The number of amides is 3. The van der Waals surface area contributed by atoms with Crippen LogP contribution in [0.15, 0.2) is 59.6 Å². The molecule has 0 saturated carbocycles. The molecule has 0 aromatic heterocycles. The van der Waals surface area contributed by atoms with Gasteiger partial charge in [-0.15, -0.1) is 0 Å². The van der Waals surface area contributed by atoms with Crippen molar-refractivity contribution in [3.05, 3.63) is 82.4 Å². The number of hydrogen-bond donors (Lipinski definition) is 3. The standard InChI is InChI=1S/C32H30N6O7/c1-5-32(45-31(42)38-26-10-7-21(3)24(13-26)16-34,17-43-29(40)36-25-9-6-20(2)23(12-25)15-33)18-44-30(41)37-27-11-8-22(4)28(14-27)35-19-39/h6-14H,5,17-18H2,1-4H3,(H,36,40)(H,37,41)(H,38,42). The maximum Gasteiger partial charge on any atom is 0.412 e. The van der Waals surface area contributed by atoms with Crippen molar-refractivity contribution in [3.63, 3.8) is 0 Å². The molecule has 1 unspecified atom stereocenters. The van der Waals surface area contributed by atoms with Gasteiger partial charge in [0.05, 0.1) is 29.0 Å². The lowest BCUT2D eigenvalue weighted by atomic mass is 10.0. The fourth-order valence-electron chi connectivity index (χ4n) is 3.92. The van der Waals surface area contributed by atoms with Gasteiger partial charge in [0.1, 0.15) is 13.2 Å². The lowest BCUT2D eigenvalue weighted by Gasteiger charge is -2.31. The van der Waals surface area contributed by atoms with Gasteiger partial charge >= 0.3 is 18.3 Å². The molecule has 0 fully saturated rings. The lowest BCUT2D eigenvalue weighted by Crippen LogP contribution is -2.46. The smallest absolute Gasteiger partial charge is 0.412 e. The van der Waals surface area contributed by atoms with Crippen LogP contribution in [0.2, 0.25) is 0 Å². The third-order valence-electron chi connectivity index (χ3n) is 6.72. The van der Waals surface area contributed by atoms with Crippen LogP contribution in [0.25, 0.3) is 0 Å². The van der Waals surface area contributed by atoms with Crippen molar-refractivity contribution in [1.82, 2.24) is 0 Å². The minimum absolute atomic E-state index is 0.0458. The van der Waals surface area contributed by atoms with Gasteiger partial charge in [0, 0.05) is 17.1 Å². The molecule has 0 aliphatic carbocycles. The van der Waals surface area contributed by atoms with Crippen molar-refractivity contribution >= 4 is 47.1 Å². The van der Waals surface area contributed by atoms with Crippen LogP contribution in [0, 0.1) is 43.4 Å². The van der Waals surface area contributed by atoms with E-state index in [0.29, 0.717) is 33.6 Å². The number of rotatable bonds is 10. The predicted molar refractivity (Wildman–Crippen MR) is 164 cm³/mol. The Labute approximate surface area is 259 Å². The molecule has 0 aliphatic rings. The molecule has 13 heteroatoms. The van der Waals surface area contributed by atoms with Crippen molar-refractivity contribution < 1.29 is 33.4 Å². The quantitative estimate of drug-likeness (QED) is 0.130. The molecule has 0 heterocycles. The van der Waals surface area contributed by atoms with Crippen LogP contribution in [-0.4, -0.2) is 43.2 Å². The topological polar surface area (TPSA) is 192 Å². The van der Waals surface area contributed by atoms with E-state index >= 15 is 0 Å². The minimum atomic E-state index is -1.65. The molecule has 0 saturated heterocycles. The molecule has 13 nitrogen and oxygen atoms in total. The molecule has 230 valence electrons. The highest BCUT2D eigenvalue weighted by Gasteiger charge is 2.37. The molecular weight excluding hydrogens is 580 g/mol. The van der Waals surface area contributed by atoms with E-state index in [1.54, 1.807) is 64.1 Å². The third-order valence-corrected chi connectivity index (χ3v) is 6.72. The zero-order chi connectivity index (χ0) is 33.0. The molecule has 0 aliphatic heterocycles. The van der Waals surface area contributed by atoms with E-state index in [-0.39, 0.29) is 17.8 Å². The predicted octanol–water partition coefficient (Wildman–Crippen LogP) is 6.52. The SMILES string of the molecule is CCC(COC(=O)Nc1ccc(C)c(C#N)c1)(COC(=O)Nc1ccc(C)c(N=C=O)c1)OC(=O)Nc1ccc(C)c(C#N)c1. The Morgan fingerprint density at radius 1 is 0.733 bits per heavy atom. The Morgan fingerprint density at radius 2 is 1.18 bits per heavy atom. The Balaban J connectivity index is 1.76. The van der Waals surface area contributed by atoms with Crippen molar-refractivity contribution in [2.45, 2.75) is 39.7 Å². The first-order valence-electron chi connectivity index (χ1n) is 13.6. The molecule has 0 bridgehead atoms. The molecule has 3 N–H and O–H groups in total. The molecule has 0 radical (unpaired) electrons. The van der Waals surface area contributed by atoms with Crippen molar-refractivity contribution in [1.29, 1.82) is 10.5 Å². The molecule has 1 atom stereocenters. The molecule has 3 rings (SSSR count). The average molecular weight is 611 g/mol. The van der Waals surface area contributed by atoms with E-state index in [4.69, 9.17) is 14.2 Å². The second-order valence-electron chi connectivity index (χ2n) is 9.94. The normalized spacial score (nSPS) is 11.3. The maximum atomic E-state index is 13.0. The Morgan fingerprint density at radius 3 is 1.62 bits per heavy atom. The number of carbonyl (C=O) groups excluding carboxylic acids is 4. The second kappa shape index (κ2) is 15.3. The number of anilines is 3. The summed E-state index contributed by atoms with van der Waals surface area (Å²) in [4.78, 5) is 52.6. The average Bonchev–Trinajstić information content (AvgIpc) is 3.02. The van der Waals surface area contributed by atoms with Crippen LogP contribution in [0.5, 0.6) is 0 Å². The van der Waals surface area contributed by atoms with Crippen molar-refractivity contribution in [2.75, 3.05) is 29.2 Å². The molecule has 3 aromatic carbocycles. The number of nitrogens with one attached hydrogen (secondary N) is 3. The molecule has 45 heavy (non-hydrogen) atoms. The van der Waals surface area contributed by atoms with Gasteiger partial charge in [0.2, 0.25) is 6.08 Å². The van der Waals surface area contributed by atoms with Gasteiger partial charge < -0.3 is 14.2 Å². The van der Waals surface area contributed by atoms with Crippen LogP contribution in [-0.2, 0) is 19.0 Å². The monoisotopic (exact) mass is 610 g/mol. The van der Waals surface area contributed by atoms with Gasteiger partial charge in [-0.25, -0.2) is 19.2 Å². The number of nitrogens with zero attached hydrogens (tertiary/aromatic N) is 3. The lowest BCUT2D eigenvalue weighted by molar-refractivity contribution is -0.0648. The summed E-state index contributed by atoms with van der Waals surface area (Å²) in [5.41, 5.74) is 2.36. The Hall–Kier alpha value is -6.17. The van der Waals surface area contributed by atoms with E-state index in [9.17, 15) is 29.7 Å². The largest absolute Gasteiger partial charge is 0.445 e. The Bertz CT molecular complexity index is 1740. The summed E-state index contributed by atoms with van der Waals surface area (Å²) < 4.78 is 16.4. The maximum absolute atomic E-state index is 13.0. The van der Waals surface area contributed by atoms with Crippen LogP contribution in [0.4, 0.5) is 37.1 Å². The van der Waals surface area contributed by atoms with Gasteiger partial charge in [-0.05, 0) is 80.3 Å². The summed E-state index contributed by atoms with van der Waals surface area (Å²) in [6.45, 7) is 5.82. The van der Waals surface area contributed by atoms with Gasteiger partial charge in [-0.1, -0.05) is 25.1 Å². The van der Waals surface area contributed by atoms with Crippen LogP contribution < -0.4 is 16.0 Å².